The number of carbonyl (C=O) groups excluding carboxylic acids is 1. The quantitative estimate of drug-likeness (QED) is 0.522. The Labute approximate surface area is 174 Å². The third kappa shape index (κ3) is 5.48. The van der Waals surface area contributed by atoms with Gasteiger partial charge in [0.25, 0.3) is 5.91 Å². The number of amides is 1. The zero-order chi connectivity index (χ0) is 20.6. The number of carbonyl (C=O) groups is 1. The van der Waals surface area contributed by atoms with E-state index < -0.39 is 0 Å². The summed E-state index contributed by atoms with van der Waals surface area (Å²) in [4.78, 5) is 29.0. The minimum absolute atomic E-state index is 0.265. The smallest absolute Gasteiger partial charge is 0.270 e. The van der Waals surface area contributed by atoms with Crippen LogP contribution in [0.4, 0.5) is 11.6 Å². The number of anilines is 2. The molecule has 1 aliphatic heterocycles. The van der Waals surface area contributed by atoms with Crippen molar-refractivity contribution in [2.45, 2.75) is 25.4 Å². The Morgan fingerprint density at radius 2 is 2.07 bits per heavy atom. The van der Waals surface area contributed by atoms with Gasteiger partial charge in [-0.15, -0.1) is 0 Å². The molecule has 4 heterocycles. The maximum atomic E-state index is 12.4. The Kier molecular flexibility index (Phi) is 6.41. The Hall–Kier alpha value is -3.59. The van der Waals surface area contributed by atoms with Crippen molar-refractivity contribution in [1.29, 1.82) is 0 Å². The van der Waals surface area contributed by atoms with E-state index in [1.54, 1.807) is 18.5 Å². The number of hydrogen-bond acceptors (Lipinski definition) is 8. The van der Waals surface area contributed by atoms with E-state index >= 15 is 0 Å². The van der Waals surface area contributed by atoms with Crippen molar-refractivity contribution in [2.24, 2.45) is 0 Å². The lowest BCUT2D eigenvalue weighted by atomic mass is 10.2. The number of nitrogens with one attached hydrogen (secondary N) is 3. The van der Waals surface area contributed by atoms with Gasteiger partial charge in [0, 0.05) is 37.1 Å². The van der Waals surface area contributed by atoms with Crippen LogP contribution in [-0.2, 0) is 6.54 Å². The summed E-state index contributed by atoms with van der Waals surface area (Å²) in [6, 6.07) is 11.1. The second-order valence-electron chi connectivity index (χ2n) is 6.92. The van der Waals surface area contributed by atoms with Crippen molar-refractivity contribution in [2.75, 3.05) is 18.5 Å². The normalized spacial score (nSPS) is 15.5. The van der Waals surface area contributed by atoms with Crippen molar-refractivity contribution in [1.82, 2.24) is 30.6 Å². The lowest BCUT2D eigenvalue weighted by Crippen LogP contribution is -2.28. The highest BCUT2D eigenvalue weighted by molar-refractivity contribution is 5.92. The number of pyridine rings is 2. The van der Waals surface area contributed by atoms with E-state index in [4.69, 9.17) is 4.74 Å². The van der Waals surface area contributed by atoms with Crippen LogP contribution < -0.4 is 20.7 Å². The molecule has 4 rings (SSSR count). The summed E-state index contributed by atoms with van der Waals surface area (Å²) in [5.41, 5.74) is 1.22. The van der Waals surface area contributed by atoms with Gasteiger partial charge in [-0.05, 0) is 43.1 Å². The number of nitrogens with zero attached hydrogens (tertiary/aromatic N) is 4. The topological polar surface area (TPSA) is 114 Å². The van der Waals surface area contributed by atoms with Gasteiger partial charge < -0.3 is 20.7 Å². The molecule has 30 heavy (non-hydrogen) atoms. The predicted molar refractivity (Wildman–Crippen MR) is 111 cm³/mol. The van der Waals surface area contributed by atoms with Crippen LogP contribution in [0, 0.1) is 0 Å². The van der Waals surface area contributed by atoms with Gasteiger partial charge in [0.05, 0.1) is 0 Å². The second-order valence-corrected chi connectivity index (χ2v) is 6.92. The minimum atomic E-state index is -0.286. The molecule has 9 nitrogen and oxygen atoms in total. The largest absolute Gasteiger partial charge is 0.476 e. The fraction of sp³-hybridized carbons (Fsp3) is 0.286. The van der Waals surface area contributed by atoms with Crippen molar-refractivity contribution < 1.29 is 9.53 Å². The highest BCUT2D eigenvalue weighted by Crippen LogP contribution is 2.17. The molecule has 0 radical (unpaired) electrons. The molecule has 0 aliphatic carbocycles. The third-order valence-electron chi connectivity index (χ3n) is 4.68. The molecular formula is C21H23N7O2. The van der Waals surface area contributed by atoms with Gasteiger partial charge in [0.15, 0.2) is 0 Å². The summed E-state index contributed by atoms with van der Waals surface area (Å²) >= 11 is 0. The van der Waals surface area contributed by atoms with E-state index in [-0.39, 0.29) is 11.6 Å². The SMILES string of the molecule is O=C(NCc1ccncc1)c1cc(Nc2cccc(OC[C@@H]3CCCN3)n2)ncn1. The summed E-state index contributed by atoms with van der Waals surface area (Å²) < 4.78 is 5.79. The predicted octanol–water partition coefficient (Wildman–Crippen LogP) is 2.07. The molecular weight excluding hydrogens is 382 g/mol. The van der Waals surface area contributed by atoms with Crippen LogP contribution in [0.25, 0.3) is 0 Å². The van der Waals surface area contributed by atoms with Crippen LogP contribution in [0.1, 0.15) is 28.9 Å². The summed E-state index contributed by atoms with van der Waals surface area (Å²) in [7, 11) is 0. The first kappa shape index (κ1) is 19.7. The third-order valence-corrected chi connectivity index (χ3v) is 4.68. The van der Waals surface area contributed by atoms with Crippen molar-refractivity contribution in [3.63, 3.8) is 0 Å². The van der Waals surface area contributed by atoms with Gasteiger partial charge in [0.1, 0.15) is 30.3 Å². The molecule has 0 unspecified atom stereocenters. The molecule has 1 atom stereocenters. The van der Waals surface area contributed by atoms with Crippen molar-refractivity contribution >= 4 is 17.5 Å². The number of rotatable bonds is 8. The number of ether oxygens (including phenoxy) is 1. The highest BCUT2D eigenvalue weighted by Gasteiger charge is 2.15. The second kappa shape index (κ2) is 9.75. The first-order chi connectivity index (χ1) is 14.8. The van der Waals surface area contributed by atoms with Gasteiger partial charge in [-0.2, -0.15) is 4.98 Å². The van der Waals surface area contributed by atoms with Crippen LogP contribution in [-0.4, -0.2) is 45.0 Å². The van der Waals surface area contributed by atoms with Crippen molar-refractivity contribution in [3.05, 3.63) is 66.4 Å². The molecule has 0 spiro atoms. The average molecular weight is 405 g/mol. The van der Waals surface area contributed by atoms with Crippen LogP contribution >= 0.6 is 0 Å². The van der Waals surface area contributed by atoms with E-state index in [1.807, 2.05) is 30.3 Å². The maximum absolute atomic E-state index is 12.4. The fourth-order valence-corrected chi connectivity index (χ4v) is 3.10. The monoisotopic (exact) mass is 405 g/mol. The van der Waals surface area contributed by atoms with Crippen LogP contribution in [0.5, 0.6) is 5.88 Å². The van der Waals surface area contributed by atoms with Crippen molar-refractivity contribution in [3.8, 4) is 5.88 Å². The zero-order valence-electron chi connectivity index (χ0n) is 16.4. The molecule has 1 amide bonds. The molecule has 9 heteroatoms. The number of aromatic nitrogens is 4. The van der Waals surface area contributed by atoms with E-state index in [1.165, 1.54) is 12.7 Å². The Balaban J connectivity index is 1.35. The summed E-state index contributed by atoms with van der Waals surface area (Å²) in [5.74, 6) is 1.30. The summed E-state index contributed by atoms with van der Waals surface area (Å²) in [5, 5.41) is 9.32. The van der Waals surface area contributed by atoms with Crippen LogP contribution in [0.3, 0.4) is 0 Å². The molecule has 0 aromatic carbocycles. The summed E-state index contributed by atoms with van der Waals surface area (Å²) in [6.07, 6.45) is 7.00. The lowest BCUT2D eigenvalue weighted by molar-refractivity contribution is 0.0945. The first-order valence-corrected chi connectivity index (χ1v) is 9.86. The lowest BCUT2D eigenvalue weighted by Gasteiger charge is -2.12. The zero-order valence-corrected chi connectivity index (χ0v) is 16.4. The van der Waals surface area contributed by atoms with E-state index in [9.17, 15) is 4.79 Å². The van der Waals surface area contributed by atoms with Gasteiger partial charge in [0.2, 0.25) is 5.88 Å². The van der Waals surface area contributed by atoms with E-state index in [2.05, 4.69) is 35.9 Å². The highest BCUT2D eigenvalue weighted by atomic mass is 16.5. The standard InChI is InChI=1S/C21H23N7O2/c29-21(24-12-15-6-9-22-10-7-15)17-11-19(26-14-25-17)27-18-4-1-5-20(28-18)30-13-16-3-2-8-23-16/h1,4-7,9-11,14,16,23H,2-3,8,12-13H2,(H,24,29)(H,25,26,27,28)/t16-/m0/s1. The average Bonchev–Trinajstić information content (AvgIpc) is 3.31. The Bertz CT molecular complexity index is 978. The minimum Gasteiger partial charge on any atom is -0.476 e. The molecule has 3 N–H and O–H groups in total. The van der Waals surface area contributed by atoms with Gasteiger partial charge in [-0.1, -0.05) is 6.07 Å². The molecule has 154 valence electrons. The van der Waals surface area contributed by atoms with Gasteiger partial charge in [-0.25, -0.2) is 9.97 Å². The van der Waals surface area contributed by atoms with Crippen LogP contribution in [0.2, 0.25) is 0 Å². The number of hydrogen-bond donors (Lipinski definition) is 3. The molecule has 1 fully saturated rings. The Morgan fingerprint density at radius 1 is 1.17 bits per heavy atom. The maximum Gasteiger partial charge on any atom is 0.270 e. The molecule has 0 bridgehead atoms. The molecule has 3 aromatic rings. The van der Waals surface area contributed by atoms with Crippen LogP contribution in [0.15, 0.2) is 55.1 Å². The molecule has 3 aromatic heterocycles. The fourth-order valence-electron chi connectivity index (χ4n) is 3.10. The van der Waals surface area contributed by atoms with Gasteiger partial charge >= 0.3 is 0 Å². The molecule has 1 saturated heterocycles. The summed E-state index contributed by atoms with van der Waals surface area (Å²) in [6.45, 7) is 2.02. The van der Waals surface area contributed by atoms with Gasteiger partial charge in [-0.3, -0.25) is 9.78 Å². The van der Waals surface area contributed by atoms with E-state index in [0.717, 1.165) is 18.5 Å². The first-order valence-electron chi connectivity index (χ1n) is 9.86. The Morgan fingerprint density at radius 3 is 2.90 bits per heavy atom. The molecule has 0 saturated carbocycles. The van der Waals surface area contributed by atoms with E-state index in [0.29, 0.717) is 36.7 Å². The molecule has 1 aliphatic rings.